The van der Waals surface area contributed by atoms with Crippen LogP contribution < -0.4 is 11.2 Å². The molecule has 1 aromatic carbocycles. The van der Waals surface area contributed by atoms with Crippen LogP contribution in [0.1, 0.15) is 25.3 Å². The summed E-state index contributed by atoms with van der Waals surface area (Å²) >= 11 is 8.82. The number of H-pyrrole nitrogens is 1. The summed E-state index contributed by atoms with van der Waals surface area (Å²) in [6, 6.07) is 1.56. The summed E-state index contributed by atoms with van der Waals surface area (Å²) in [5.74, 6) is -2.15. The van der Waals surface area contributed by atoms with E-state index in [1.807, 2.05) is 0 Å². The third-order valence-electron chi connectivity index (χ3n) is 2.87. The lowest BCUT2D eigenvalue weighted by Gasteiger charge is -2.13. The van der Waals surface area contributed by atoms with Gasteiger partial charge in [0, 0.05) is 10.5 Å². The average molecular weight is 380 g/mol. The summed E-state index contributed by atoms with van der Waals surface area (Å²) in [5.41, 5.74) is -1.86. The van der Waals surface area contributed by atoms with Gasteiger partial charge >= 0.3 is 5.69 Å². The number of nitrogens with zero attached hydrogens (tertiary/aromatic N) is 1. The Balaban J connectivity index is 2.93. The largest absolute Gasteiger partial charge is 0.334 e. The summed E-state index contributed by atoms with van der Waals surface area (Å²) < 4.78 is 27.7. The van der Waals surface area contributed by atoms with Gasteiger partial charge in [0.2, 0.25) is 0 Å². The van der Waals surface area contributed by atoms with Crippen molar-refractivity contribution in [2.45, 2.75) is 19.8 Å². The maximum atomic E-state index is 14.0. The van der Waals surface area contributed by atoms with Gasteiger partial charge in [-0.15, -0.1) is 0 Å². The van der Waals surface area contributed by atoms with E-state index in [0.717, 1.165) is 6.07 Å². The van der Waals surface area contributed by atoms with E-state index >= 15 is 0 Å². The molecule has 0 spiro atoms. The van der Waals surface area contributed by atoms with E-state index in [9.17, 15) is 18.4 Å². The molecule has 2 rings (SSSR count). The van der Waals surface area contributed by atoms with E-state index in [-0.39, 0.29) is 26.8 Å². The molecule has 0 aliphatic rings. The lowest BCUT2D eigenvalue weighted by Crippen LogP contribution is -2.37. The standard InChI is InChI=1S/C13H10BrClF2N2O2/c1-5(2)9-11(15)18-13(21)19(12(9)20)10-7(14)3-6(16)4-8(10)17/h3-5H,1-2H3,(H,18,21). The van der Waals surface area contributed by atoms with Crippen molar-refractivity contribution >= 4 is 27.5 Å². The van der Waals surface area contributed by atoms with E-state index in [4.69, 9.17) is 11.6 Å². The molecule has 1 aromatic heterocycles. The van der Waals surface area contributed by atoms with Gasteiger partial charge in [-0.25, -0.2) is 18.1 Å². The minimum absolute atomic E-state index is 0.0513. The molecule has 8 heteroatoms. The van der Waals surface area contributed by atoms with Gasteiger partial charge in [0.15, 0.2) is 5.82 Å². The molecule has 0 radical (unpaired) electrons. The number of nitrogens with one attached hydrogen (secondary N) is 1. The molecule has 0 unspecified atom stereocenters. The molecule has 4 nitrogen and oxygen atoms in total. The van der Waals surface area contributed by atoms with E-state index < -0.39 is 22.9 Å². The zero-order valence-electron chi connectivity index (χ0n) is 11.0. The minimum atomic E-state index is -1.04. The molecule has 1 N–H and O–H groups in total. The highest BCUT2D eigenvalue weighted by Gasteiger charge is 2.21. The van der Waals surface area contributed by atoms with Crippen LogP contribution in [0, 0.1) is 11.6 Å². The number of halogens is 4. The van der Waals surface area contributed by atoms with Gasteiger partial charge in [-0.2, -0.15) is 0 Å². The van der Waals surface area contributed by atoms with Crippen LogP contribution in [0.15, 0.2) is 26.2 Å². The van der Waals surface area contributed by atoms with Crippen molar-refractivity contribution in [3.63, 3.8) is 0 Å². The molecule has 112 valence electrons. The summed E-state index contributed by atoms with van der Waals surface area (Å²) in [4.78, 5) is 26.7. The SMILES string of the molecule is CC(C)c1c(Cl)[nH]c(=O)n(-c2c(F)cc(F)cc2Br)c1=O. The lowest BCUT2D eigenvalue weighted by atomic mass is 10.1. The number of aromatic nitrogens is 2. The second-order valence-electron chi connectivity index (χ2n) is 4.67. The molecule has 0 aliphatic heterocycles. The fraction of sp³-hybridized carbons (Fsp3) is 0.231. The van der Waals surface area contributed by atoms with Gasteiger partial charge in [0.05, 0.1) is 5.56 Å². The van der Waals surface area contributed by atoms with Crippen LogP contribution in [0.25, 0.3) is 5.69 Å². The van der Waals surface area contributed by atoms with Gasteiger partial charge in [0.25, 0.3) is 5.56 Å². The van der Waals surface area contributed by atoms with Crippen molar-refractivity contribution < 1.29 is 8.78 Å². The lowest BCUT2D eigenvalue weighted by molar-refractivity contribution is 0.572. The summed E-state index contributed by atoms with van der Waals surface area (Å²) in [7, 11) is 0. The summed E-state index contributed by atoms with van der Waals surface area (Å²) in [5, 5.41) is -0.0881. The molecule has 0 amide bonds. The van der Waals surface area contributed by atoms with Crippen molar-refractivity contribution in [2.24, 2.45) is 0 Å². The van der Waals surface area contributed by atoms with Crippen LogP contribution in [0.4, 0.5) is 8.78 Å². The number of hydrogen-bond donors (Lipinski definition) is 1. The first-order valence-electron chi connectivity index (χ1n) is 5.93. The molecular formula is C13H10BrClF2N2O2. The zero-order chi connectivity index (χ0) is 15.9. The maximum Gasteiger partial charge on any atom is 0.334 e. The van der Waals surface area contributed by atoms with Crippen molar-refractivity contribution in [2.75, 3.05) is 0 Å². The Morgan fingerprint density at radius 1 is 1.29 bits per heavy atom. The first-order valence-corrected chi connectivity index (χ1v) is 7.10. The molecule has 2 aromatic rings. The van der Waals surface area contributed by atoms with Crippen LogP contribution in [-0.2, 0) is 0 Å². The summed E-state index contributed by atoms with van der Waals surface area (Å²) in [6.07, 6.45) is 0. The summed E-state index contributed by atoms with van der Waals surface area (Å²) in [6.45, 7) is 3.42. The van der Waals surface area contributed by atoms with Crippen molar-refractivity contribution in [1.29, 1.82) is 0 Å². The van der Waals surface area contributed by atoms with E-state index in [2.05, 4.69) is 20.9 Å². The highest BCUT2D eigenvalue weighted by atomic mass is 79.9. The molecule has 0 fully saturated rings. The Morgan fingerprint density at radius 2 is 1.90 bits per heavy atom. The second kappa shape index (κ2) is 5.73. The Morgan fingerprint density at radius 3 is 2.43 bits per heavy atom. The Bertz CT molecular complexity index is 807. The normalized spacial score (nSPS) is 11.2. The molecule has 0 atom stereocenters. The maximum absolute atomic E-state index is 14.0. The van der Waals surface area contributed by atoms with Gasteiger partial charge < -0.3 is 0 Å². The topological polar surface area (TPSA) is 54.9 Å². The molecule has 0 saturated carbocycles. The van der Waals surface area contributed by atoms with Crippen molar-refractivity contribution in [1.82, 2.24) is 9.55 Å². The van der Waals surface area contributed by atoms with Gasteiger partial charge in [0.1, 0.15) is 16.7 Å². The minimum Gasteiger partial charge on any atom is -0.297 e. The van der Waals surface area contributed by atoms with E-state index in [1.165, 1.54) is 0 Å². The molecule has 0 saturated heterocycles. The van der Waals surface area contributed by atoms with Crippen LogP contribution in [0.2, 0.25) is 5.15 Å². The van der Waals surface area contributed by atoms with Crippen LogP contribution in [0.3, 0.4) is 0 Å². The quantitative estimate of drug-likeness (QED) is 0.814. The highest BCUT2D eigenvalue weighted by Crippen LogP contribution is 2.25. The predicted molar refractivity (Wildman–Crippen MR) is 79.4 cm³/mol. The molecule has 21 heavy (non-hydrogen) atoms. The smallest absolute Gasteiger partial charge is 0.297 e. The number of rotatable bonds is 2. The second-order valence-corrected chi connectivity index (χ2v) is 5.90. The predicted octanol–water partition coefficient (Wildman–Crippen LogP) is 3.34. The first kappa shape index (κ1) is 15.9. The highest BCUT2D eigenvalue weighted by molar-refractivity contribution is 9.10. The van der Waals surface area contributed by atoms with Crippen molar-refractivity contribution in [3.05, 3.63) is 59.8 Å². The number of benzene rings is 1. The van der Waals surface area contributed by atoms with Gasteiger partial charge in [-0.05, 0) is 27.9 Å². The fourth-order valence-electron chi connectivity index (χ4n) is 1.98. The van der Waals surface area contributed by atoms with Gasteiger partial charge in [-0.1, -0.05) is 25.4 Å². The van der Waals surface area contributed by atoms with E-state index in [1.54, 1.807) is 13.8 Å². The molecule has 0 aliphatic carbocycles. The monoisotopic (exact) mass is 378 g/mol. The fourth-order valence-corrected chi connectivity index (χ4v) is 2.94. The van der Waals surface area contributed by atoms with Crippen LogP contribution in [0.5, 0.6) is 0 Å². The number of aromatic amines is 1. The van der Waals surface area contributed by atoms with Gasteiger partial charge in [-0.3, -0.25) is 9.78 Å². The Kier molecular flexibility index (Phi) is 4.34. The number of hydrogen-bond acceptors (Lipinski definition) is 2. The van der Waals surface area contributed by atoms with Crippen LogP contribution in [-0.4, -0.2) is 9.55 Å². The third-order valence-corrected chi connectivity index (χ3v) is 3.77. The third kappa shape index (κ3) is 2.80. The Hall–Kier alpha value is -1.47. The molecule has 0 bridgehead atoms. The molecular weight excluding hydrogens is 370 g/mol. The zero-order valence-corrected chi connectivity index (χ0v) is 13.3. The molecule has 1 heterocycles. The van der Waals surface area contributed by atoms with E-state index in [0.29, 0.717) is 10.6 Å². The Labute approximate surface area is 131 Å². The average Bonchev–Trinajstić information content (AvgIpc) is 2.30. The van der Waals surface area contributed by atoms with Crippen LogP contribution >= 0.6 is 27.5 Å². The first-order chi connectivity index (χ1) is 9.73. The van der Waals surface area contributed by atoms with Crippen molar-refractivity contribution in [3.8, 4) is 5.69 Å².